The summed E-state index contributed by atoms with van der Waals surface area (Å²) in [5, 5.41) is 0. The van der Waals surface area contributed by atoms with Crippen LogP contribution in [0, 0.1) is 0 Å². The maximum absolute atomic E-state index is 11.3. The quantitative estimate of drug-likeness (QED) is 0.503. The molecule has 0 aromatic rings. The van der Waals surface area contributed by atoms with Crippen LogP contribution in [0.5, 0.6) is 0 Å². The molecular weight excluding hydrogens is 148 g/mol. The smallest absolute Gasteiger partial charge is 0.136 e. The van der Waals surface area contributed by atoms with Gasteiger partial charge in [-0.1, -0.05) is 11.1 Å². The third-order valence-electron chi connectivity index (χ3n) is 3.05. The van der Waals surface area contributed by atoms with Crippen LogP contribution in [0.2, 0.25) is 0 Å². The normalized spacial score (nSPS) is 25.2. The molecule has 0 radical (unpaired) electrons. The number of carbonyl (C=O) groups excluding carboxylic acids is 1. The first-order valence-electron chi connectivity index (χ1n) is 5.08. The van der Waals surface area contributed by atoms with Crippen LogP contribution in [-0.4, -0.2) is 5.78 Å². The van der Waals surface area contributed by atoms with Crippen molar-refractivity contribution in [3.63, 3.8) is 0 Å². The Morgan fingerprint density at radius 1 is 0.750 bits per heavy atom. The summed E-state index contributed by atoms with van der Waals surface area (Å²) in [7, 11) is 0. The molecule has 0 atom stereocenters. The van der Waals surface area contributed by atoms with Gasteiger partial charge in [-0.2, -0.15) is 0 Å². The Hall–Kier alpha value is -0.590. The highest BCUT2D eigenvalue weighted by Gasteiger charge is 2.18. The van der Waals surface area contributed by atoms with Gasteiger partial charge in [0, 0.05) is 12.8 Å². The molecule has 2 rings (SSSR count). The van der Waals surface area contributed by atoms with Crippen LogP contribution in [-0.2, 0) is 4.79 Å². The molecule has 0 saturated heterocycles. The van der Waals surface area contributed by atoms with Crippen molar-refractivity contribution in [2.75, 3.05) is 0 Å². The zero-order chi connectivity index (χ0) is 8.39. The summed E-state index contributed by atoms with van der Waals surface area (Å²) in [6.45, 7) is 0. The lowest BCUT2D eigenvalue weighted by molar-refractivity contribution is -0.118. The maximum atomic E-state index is 11.3. The van der Waals surface area contributed by atoms with E-state index in [0.717, 1.165) is 19.3 Å². The third-order valence-corrected chi connectivity index (χ3v) is 3.05. The maximum Gasteiger partial charge on any atom is 0.136 e. The zero-order valence-corrected chi connectivity index (χ0v) is 7.57. The minimum Gasteiger partial charge on any atom is -0.299 e. The van der Waals surface area contributed by atoms with Crippen molar-refractivity contribution in [1.29, 1.82) is 0 Å². The Balaban J connectivity index is 2.17. The molecule has 66 valence electrons. The second-order valence-corrected chi connectivity index (χ2v) is 3.98. The van der Waals surface area contributed by atoms with E-state index >= 15 is 0 Å². The minimum absolute atomic E-state index is 0.474. The number of carbonyl (C=O) groups is 1. The van der Waals surface area contributed by atoms with E-state index in [0.29, 0.717) is 5.78 Å². The van der Waals surface area contributed by atoms with E-state index in [1.54, 1.807) is 5.57 Å². The molecule has 0 heterocycles. The molecule has 2 aliphatic carbocycles. The van der Waals surface area contributed by atoms with Crippen LogP contribution in [0.25, 0.3) is 0 Å². The third kappa shape index (κ3) is 1.60. The number of rotatable bonds is 0. The summed E-state index contributed by atoms with van der Waals surface area (Å²) < 4.78 is 0. The highest BCUT2D eigenvalue weighted by Crippen LogP contribution is 2.32. The summed E-state index contributed by atoms with van der Waals surface area (Å²) in [6.07, 6.45) is 9.09. The molecule has 12 heavy (non-hydrogen) atoms. The fourth-order valence-electron chi connectivity index (χ4n) is 2.37. The lowest BCUT2D eigenvalue weighted by Crippen LogP contribution is -2.01. The van der Waals surface area contributed by atoms with Crippen molar-refractivity contribution in [2.45, 2.75) is 51.4 Å². The van der Waals surface area contributed by atoms with Gasteiger partial charge >= 0.3 is 0 Å². The number of Topliss-reactive ketones (excluding diaryl/α,β-unsaturated/α-hetero) is 1. The van der Waals surface area contributed by atoms with Crippen molar-refractivity contribution in [3.8, 4) is 0 Å². The molecule has 0 aliphatic heterocycles. The summed E-state index contributed by atoms with van der Waals surface area (Å²) >= 11 is 0. The van der Waals surface area contributed by atoms with Crippen LogP contribution in [0.15, 0.2) is 11.1 Å². The number of allylic oxidation sites excluding steroid dienone is 2. The monoisotopic (exact) mass is 164 g/mol. The average Bonchev–Trinajstić information content (AvgIpc) is 2.25. The Labute approximate surface area is 73.8 Å². The van der Waals surface area contributed by atoms with E-state index in [9.17, 15) is 4.79 Å². The van der Waals surface area contributed by atoms with Crippen molar-refractivity contribution in [3.05, 3.63) is 11.1 Å². The van der Waals surface area contributed by atoms with Crippen LogP contribution in [0.4, 0.5) is 0 Å². The van der Waals surface area contributed by atoms with Gasteiger partial charge in [-0.3, -0.25) is 4.79 Å². The highest BCUT2D eigenvalue weighted by molar-refractivity contribution is 5.81. The van der Waals surface area contributed by atoms with E-state index in [1.165, 1.54) is 37.7 Å². The van der Waals surface area contributed by atoms with Gasteiger partial charge < -0.3 is 0 Å². The summed E-state index contributed by atoms with van der Waals surface area (Å²) in [6, 6.07) is 0. The van der Waals surface area contributed by atoms with Crippen molar-refractivity contribution < 1.29 is 4.79 Å². The average molecular weight is 164 g/mol. The van der Waals surface area contributed by atoms with Crippen molar-refractivity contribution in [1.82, 2.24) is 0 Å². The van der Waals surface area contributed by atoms with Gasteiger partial charge in [-0.25, -0.2) is 0 Å². The Bertz CT molecular complexity index is 225. The van der Waals surface area contributed by atoms with Gasteiger partial charge in [0.05, 0.1) is 0 Å². The first kappa shape index (κ1) is 8.03. The van der Waals surface area contributed by atoms with E-state index in [1.807, 2.05) is 0 Å². The van der Waals surface area contributed by atoms with Crippen LogP contribution < -0.4 is 0 Å². The van der Waals surface area contributed by atoms with Gasteiger partial charge in [-0.15, -0.1) is 0 Å². The zero-order valence-electron chi connectivity index (χ0n) is 7.57. The first-order valence-corrected chi connectivity index (χ1v) is 5.08. The molecule has 0 unspecified atom stereocenters. The van der Waals surface area contributed by atoms with Gasteiger partial charge in [0.25, 0.3) is 0 Å². The minimum atomic E-state index is 0.474. The van der Waals surface area contributed by atoms with Gasteiger partial charge in [-0.05, 0) is 38.5 Å². The molecule has 0 N–H and O–H groups in total. The molecular formula is C11H16O. The van der Waals surface area contributed by atoms with E-state index < -0.39 is 0 Å². The molecule has 0 amide bonds. The fraction of sp³-hybridized carbons (Fsp3) is 0.727. The molecule has 0 spiro atoms. The Kier molecular flexibility index (Phi) is 2.29. The lowest BCUT2D eigenvalue weighted by Gasteiger charge is -2.17. The second-order valence-electron chi connectivity index (χ2n) is 3.98. The van der Waals surface area contributed by atoms with E-state index in [2.05, 4.69) is 0 Å². The van der Waals surface area contributed by atoms with E-state index in [-0.39, 0.29) is 0 Å². The summed E-state index contributed by atoms with van der Waals surface area (Å²) in [5.74, 6) is 0.474. The Morgan fingerprint density at radius 3 is 2.25 bits per heavy atom. The molecule has 0 aromatic carbocycles. The number of ketones is 1. The standard InChI is InChI=1S/C11H16O/c12-11-7-3-6-9-4-1-2-5-10(9)8-11/h1-8H2. The second kappa shape index (κ2) is 3.42. The van der Waals surface area contributed by atoms with Gasteiger partial charge in [0.15, 0.2) is 0 Å². The fourth-order valence-corrected chi connectivity index (χ4v) is 2.37. The number of hydrogen-bond donors (Lipinski definition) is 0. The Morgan fingerprint density at radius 2 is 1.42 bits per heavy atom. The summed E-state index contributed by atoms with van der Waals surface area (Å²) in [4.78, 5) is 11.3. The van der Waals surface area contributed by atoms with Crippen LogP contribution in [0.3, 0.4) is 0 Å². The van der Waals surface area contributed by atoms with Crippen molar-refractivity contribution >= 4 is 5.78 Å². The summed E-state index contributed by atoms with van der Waals surface area (Å²) in [5.41, 5.74) is 3.14. The molecule has 1 heteroatoms. The highest BCUT2D eigenvalue weighted by atomic mass is 16.1. The van der Waals surface area contributed by atoms with Crippen LogP contribution in [0.1, 0.15) is 51.4 Å². The molecule has 1 nitrogen and oxygen atoms in total. The molecule has 0 bridgehead atoms. The lowest BCUT2D eigenvalue weighted by atomic mass is 9.89. The van der Waals surface area contributed by atoms with Crippen molar-refractivity contribution in [2.24, 2.45) is 0 Å². The van der Waals surface area contributed by atoms with Gasteiger partial charge in [0.2, 0.25) is 0 Å². The van der Waals surface area contributed by atoms with Gasteiger partial charge in [0.1, 0.15) is 5.78 Å². The largest absolute Gasteiger partial charge is 0.299 e. The first-order chi connectivity index (χ1) is 5.86. The van der Waals surface area contributed by atoms with Crippen LogP contribution >= 0.6 is 0 Å². The predicted octanol–water partition coefficient (Wildman–Crippen LogP) is 3.00. The number of hydrogen-bond acceptors (Lipinski definition) is 1. The molecule has 0 fully saturated rings. The predicted molar refractivity (Wildman–Crippen MR) is 49.0 cm³/mol. The molecule has 0 aromatic heterocycles. The van der Waals surface area contributed by atoms with E-state index in [4.69, 9.17) is 0 Å². The molecule has 0 saturated carbocycles. The molecule has 2 aliphatic rings. The SMILES string of the molecule is O=C1CCCC2=C(CCCC2)C1. The topological polar surface area (TPSA) is 17.1 Å².